The summed E-state index contributed by atoms with van der Waals surface area (Å²) < 4.78 is 22.5. The van der Waals surface area contributed by atoms with E-state index in [9.17, 15) is 9.59 Å². The van der Waals surface area contributed by atoms with Gasteiger partial charge in [-0.2, -0.15) is 0 Å². The van der Waals surface area contributed by atoms with Gasteiger partial charge in [0.15, 0.2) is 17.2 Å². The number of fused-ring (bicyclic) bond motifs is 1. The number of ether oxygens (including phenoxy) is 3. The number of cyclic esters (lactones) is 1. The van der Waals surface area contributed by atoms with Gasteiger partial charge >= 0.3 is 11.9 Å². The molecule has 0 unspecified atom stereocenters. The molecule has 9 heteroatoms. The van der Waals surface area contributed by atoms with Crippen molar-refractivity contribution in [2.24, 2.45) is 4.99 Å². The maximum absolute atomic E-state index is 12.5. The fourth-order valence-corrected chi connectivity index (χ4v) is 4.77. The van der Waals surface area contributed by atoms with Gasteiger partial charge in [0.05, 0.1) is 17.9 Å². The molecule has 7 nitrogen and oxygen atoms in total. The van der Waals surface area contributed by atoms with Gasteiger partial charge in [-0.05, 0) is 48.9 Å². The monoisotopic (exact) mass is 493 g/mol. The molecule has 5 rings (SSSR count). The molecule has 0 N–H and O–H groups in total. The van der Waals surface area contributed by atoms with E-state index in [-0.39, 0.29) is 23.1 Å². The zero-order valence-electron chi connectivity index (χ0n) is 17.7. The Balaban J connectivity index is 1.44. The van der Waals surface area contributed by atoms with Crippen LogP contribution in [0.4, 0.5) is 0 Å². The van der Waals surface area contributed by atoms with E-state index in [0.29, 0.717) is 27.8 Å². The molecule has 1 aliphatic heterocycles. The molecule has 170 valence electrons. The second-order valence-corrected chi connectivity index (χ2v) is 8.51. The summed E-state index contributed by atoms with van der Waals surface area (Å²) in [5, 5.41) is 1.37. The lowest BCUT2D eigenvalue weighted by atomic mass is 10.1. The smallest absolute Gasteiger partial charge is 0.379 e. The van der Waals surface area contributed by atoms with E-state index < -0.39 is 11.9 Å². The molecule has 0 atom stereocenters. The van der Waals surface area contributed by atoms with Crippen molar-refractivity contribution in [1.82, 2.24) is 0 Å². The van der Waals surface area contributed by atoms with E-state index in [1.165, 1.54) is 23.7 Å². The number of carbonyl (C=O) groups is 2. The number of esters is 2. The average molecular weight is 494 g/mol. The Bertz CT molecular complexity index is 1470. The highest BCUT2D eigenvalue weighted by Crippen LogP contribution is 2.37. The van der Waals surface area contributed by atoms with Gasteiger partial charge in [0, 0.05) is 10.1 Å². The maximum atomic E-state index is 12.5. The summed E-state index contributed by atoms with van der Waals surface area (Å²) in [5.41, 5.74) is 0.729. The van der Waals surface area contributed by atoms with E-state index in [0.717, 1.165) is 10.1 Å². The first-order valence-electron chi connectivity index (χ1n) is 10.3. The van der Waals surface area contributed by atoms with Crippen LogP contribution < -0.4 is 9.47 Å². The standard InChI is InChI=1S/C25H16ClNO6S/c1-2-30-19-13-14(9-10-17(19)32-25(29)18-7-5-11-31-18)12-16-24(28)33-23(27-16)22-21(26)15-6-3-4-8-20(15)34-22/h3-13H,2H2,1H3/b16-12+. The fraction of sp³-hybridized carbons (Fsp3) is 0.0800. The predicted molar refractivity (Wildman–Crippen MR) is 129 cm³/mol. The summed E-state index contributed by atoms with van der Waals surface area (Å²) in [5.74, 6) is -0.443. The molecule has 1 aliphatic rings. The number of carbonyl (C=O) groups excluding carboxylic acids is 2. The molecular formula is C25H16ClNO6S. The molecule has 34 heavy (non-hydrogen) atoms. The van der Waals surface area contributed by atoms with Crippen molar-refractivity contribution in [2.45, 2.75) is 6.92 Å². The summed E-state index contributed by atoms with van der Waals surface area (Å²) in [6, 6.07) is 15.7. The number of furan rings is 1. The van der Waals surface area contributed by atoms with Crippen molar-refractivity contribution in [3.8, 4) is 11.5 Å². The molecule has 0 fully saturated rings. The molecule has 0 radical (unpaired) electrons. The first-order chi connectivity index (χ1) is 16.5. The van der Waals surface area contributed by atoms with Crippen LogP contribution in [0.2, 0.25) is 5.02 Å². The van der Waals surface area contributed by atoms with Gasteiger partial charge in [0.2, 0.25) is 11.7 Å². The molecule has 0 aliphatic carbocycles. The summed E-state index contributed by atoms with van der Waals surface area (Å²) in [4.78, 5) is 29.7. The van der Waals surface area contributed by atoms with Crippen LogP contribution in [0.3, 0.4) is 0 Å². The lowest BCUT2D eigenvalue weighted by Crippen LogP contribution is -2.08. The molecule has 3 heterocycles. The third-order valence-electron chi connectivity index (χ3n) is 4.85. The Morgan fingerprint density at radius 2 is 2.00 bits per heavy atom. The van der Waals surface area contributed by atoms with Crippen molar-refractivity contribution in [1.29, 1.82) is 0 Å². The molecule has 4 aromatic rings. The summed E-state index contributed by atoms with van der Waals surface area (Å²) >= 11 is 7.90. The van der Waals surface area contributed by atoms with Gasteiger partial charge in [-0.25, -0.2) is 14.6 Å². The molecule has 0 bridgehead atoms. The van der Waals surface area contributed by atoms with Crippen LogP contribution in [0.15, 0.2) is 76.0 Å². The highest BCUT2D eigenvalue weighted by atomic mass is 35.5. The minimum Gasteiger partial charge on any atom is -0.490 e. The number of hydrogen-bond donors (Lipinski definition) is 0. The Kier molecular flexibility index (Phi) is 5.91. The summed E-state index contributed by atoms with van der Waals surface area (Å²) in [7, 11) is 0. The second kappa shape index (κ2) is 9.17. The van der Waals surface area contributed by atoms with Crippen LogP contribution in [0.25, 0.3) is 16.2 Å². The largest absolute Gasteiger partial charge is 0.490 e. The molecule has 0 amide bonds. The molecular weight excluding hydrogens is 478 g/mol. The Labute approximate surface area is 202 Å². The number of aliphatic imine (C=N–C) groups is 1. The van der Waals surface area contributed by atoms with Crippen molar-refractivity contribution in [3.05, 3.63) is 87.8 Å². The summed E-state index contributed by atoms with van der Waals surface area (Å²) in [6.45, 7) is 2.16. The third-order valence-corrected chi connectivity index (χ3v) is 6.51. The normalized spacial score (nSPS) is 14.4. The van der Waals surface area contributed by atoms with Crippen LogP contribution in [0, 0.1) is 0 Å². The lowest BCUT2D eigenvalue weighted by Gasteiger charge is -2.10. The van der Waals surface area contributed by atoms with Gasteiger partial charge < -0.3 is 18.6 Å². The number of benzene rings is 2. The van der Waals surface area contributed by atoms with Crippen LogP contribution in [0.5, 0.6) is 11.5 Å². The van der Waals surface area contributed by atoms with E-state index in [1.807, 2.05) is 31.2 Å². The maximum Gasteiger partial charge on any atom is 0.379 e. The minimum atomic E-state index is -0.647. The Hall–Kier alpha value is -3.88. The average Bonchev–Trinajstić information content (AvgIpc) is 3.56. The van der Waals surface area contributed by atoms with Crippen LogP contribution in [-0.4, -0.2) is 24.4 Å². The lowest BCUT2D eigenvalue weighted by molar-refractivity contribution is -0.129. The van der Waals surface area contributed by atoms with Gasteiger partial charge in [-0.15, -0.1) is 11.3 Å². The Morgan fingerprint density at radius 1 is 1.15 bits per heavy atom. The predicted octanol–water partition coefficient (Wildman–Crippen LogP) is 6.11. The highest BCUT2D eigenvalue weighted by Gasteiger charge is 2.28. The van der Waals surface area contributed by atoms with Crippen molar-refractivity contribution in [3.63, 3.8) is 0 Å². The molecule has 2 aromatic carbocycles. The van der Waals surface area contributed by atoms with Crippen LogP contribution in [0.1, 0.15) is 27.9 Å². The number of halogens is 1. The highest BCUT2D eigenvalue weighted by molar-refractivity contribution is 7.21. The van der Waals surface area contributed by atoms with Gasteiger partial charge in [0.1, 0.15) is 4.88 Å². The van der Waals surface area contributed by atoms with Crippen molar-refractivity contribution < 1.29 is 28.2 Å². The van der Waals surface area contributed by atoms with Crippen molar-refractivity contribution >= 4 is 56.9 Å². The van der Waals surface area contributed by atoms with E-state index in [1.54, 1.807) is 30.3 Å². The fourth-order valence-electron chi connectivity index (χ4n) is 3.33. The van der Waals surface area contributed by atoms with E-state index >= 15 is 0 Å². The number of rotatable bonds is 6. The van der Waals surface area contributed by atoms with Crippen LogP contribution in [-0.2, 0) is 9.53 Å². The van der Waals surface area contributed by atoms with Crippen molar-refractivity contribution in [2.75, 3.05) is 6.61 Å². The topological polar surface area (TPSA) is 87.3 Å². The number of hydrogen-bond acceptors (Lipinski definition) is 8. The summed E-state index contributed by atoms with van der Waals surface area (Å²) in [6.07, 6.45) is 2.95. The third kappa shape index (κ3) is 4.21. The number of thiophene rings is 1. The van der Waals surface area contributed by atoms with Gasteiger partial charge in [0.25, 0.3) is 0 Å². The van der Waals surface area contributed by atoms with E-state index in [4.69, 9.17) is 30.2 Å². The Morgan fingerprint density at radius 3 is 2.76 bits per heavy atom. The SMILES string of the molecule is CCOc1cc(/C=C2/N=C(c3sc4ccccc4c3Cl)OC2=O)ccc1OC(=O)c1ccco1. The minimum absolute atomic E-state index is 0.0732. The molecule has 0 saturated heterocycles. The van der Waals surface area contributed by atoms with E-state index in [2.05, 4.69) is 4.99 Å². The second-order valence-electron chi connectivity index (χ2n) is 7.08. The quantitative estimate of drug-likeness (QED) is 0.183. The molecule has 0 spiro atoms. The zero-order chi connectivity index (χ0) is 23.7. The molecule has 0 saturated carbocycles. The van der Waals surface area contributed by atoms with Gasteiger partial charge in [-0.3, -0.25) is 0 Å². The zero-order valence-corrected chi connectivity index (χ0v) is 19.3. The first-order valence-corrected chi connectivity index (χ1v) is 11.5. The van der Waals surface area contributed by atoms with Gasteiger partial charge in [-0.1, -0.05) is 35.9 Å². The van der Waals surface area contributed by atoms with Crippen LogP contribution >= 0.6 is 22.9 Å². The molecule has 2 aromatic heterocycles. The number of nitrogens with zero attached hydrogens (tertiary/aromatic N) is 1. The first kappa shape index (κ1) is 21.9.